The third kappa shape index (κ3) is 1.05. The van der Waals surface area contributed by atoms with Crippen LogP contribution in [-0.4, -0.2) is 21.6 Å². The van der Waals surface area contributed by atoms with E-state index in [0.717, 1.165) is 5.35 Å². The fourth-order valence-electron chi connectivity index (χ4n) is 0.901. The molecule has 1 aliphatic heterocycles. The van der Waals surface area contributed by atoms with E-state index in [1.54, 1.807) is 18.6 Å². The summed E-state index contributed by atoms with van der Waals surface area (Å²) in [5.74, 6) is 5.47. The lowest BCUT2D eigenvalue weighted by molar-refractivity contribution is 0.429. The average Bonchev–Trinajstić information content (AvgIpc) is 2.04. The van der Waals surface area contributed by atoms with E-state index >= 15 is 0 Å². The van der Waals surface area contributed by atoms with Gasteiger partial charge in [0.25, 0.3) is 0 Å². The van der Waals surface area contributed by atoms with Crippen LogP contribution < -0.4 is 16.7 Å². The Hall–Kier alpha value is -1.49. The van der Waals surface area contributed by atoms with Crippen molar-refractivity contribution in [1.82, 2.24) is 15.0 Å². The van der Waals surface area contributed by atoms with Crippen LogP contribution in [0.2, 0.25) is 0 Å². The average molecular weight is 149 g/mol. The topological polar surface area (TPSA) is 67.4 Å². The van der Waals surface area contributed by atoms with Gasteiger partial charge in [0.1, 0.15) is 12.0 Å². The minimum absolute atomic E-state index is 0.450. The van der Waals surface area contributed by atoms with Gasteiger partial charge in [-0.2, -0.15) is 0 Å². The largest absolute Gasteiger partial charge is 0.294 e. The highest BCUT2D eigenvalue weighted by atomic mass is 15.4. The number of nitrogens with zero attached hydrogens (tertiary/aromatic N) is 4. The molecular formula is C6H7N5. The molecule has 0 unspecified atom stereocenters. The van der Waals surface area contributed by atoms with Crippen LogP contribution in [0.3, 0.4) is 0 Å². The predicted octanol–water partition coefficient (Wildman–Crippen LogP) is -2.02. The normalized spacial score (nSPS) is 14.8. The Bertz CT molecular complexity index is 371. The smallest absolute Gasteiger partial charge is 0.176 e. The Labute approximate surface area is 62.9 Å². The molecule has 1 aromatic heterocycles. The van der Waals surface area contributed by atoms with Crippen LogP contribution in [0.1, 0.15) is 0 Å². The van der Waals surface area contributed by atoms with Gasteiger partial charge in [-0.1, -0.05) is 0 Å². The van der Waals surface area contributed by atoms with Crippen molar-refractivity contribution in [3.63, 3.8) is 0 Å². The van der Waals surface area contributed by atoms with Gasteiger partial charge in [0.15, 0.2) is 5.49 Å². The first-order valence-electron chi connectivity index (χ1n) is 3.21. The summed E-state index contributed by atoms with van der Waals surface area (Å²) in [4.78, 5) is 12.1. The third-order valence-electron chi connectivity index (χ3n) is 1.38. The first-order chi connectivity index (χ1) is 5.36. The Kier molecular flexibility index (Phi) is 1.29. The summed E-state index contributed by atoms with van der Waals surface area (Å²) in [6.07, 6.45) is 4.95. The van der Waals surface area contributed by atoms with Crippen molar-refractivity contribution >= 4 is 6.20 Å². The Morgan fingerprint density at radius 3 is 3.09 bits per heavy atom. The van der Waals surface area contributed by atoms with E-state index < -0.39 is 0 Å². The summed E-state index contributed by atoms with van der Waals surface area (Å²) in [6.45, 7) is 0.450. The number of rotatable bonds is 0. The lowest BCUT2D eigenvalue weighted by atomic mass is 10.5. The van der Waals surface area contributed by atoms with Gasteiger partial charge in [-0.3, -0.25) is 5.01 Å². The van der Waals surface area contributed by atoms with Gasteiger partial charge in [-0.05, 0) is 0 Å². The fourth-order valence-corrected chi connectivity index (χ4v) is 0.901. The molecule has 5 heteroatoms. The van der Waals surface area contributed by atoms with Gasteiger partial charge in [0.2, 0.25) is 0 Å². The molecule has 0 aromatic carbocycles. The van der Waals surface area contributed by atoms with Crippen molar-refractivity contribution in [3.05, 3.63) is 23.2 Å². The summed E-state index contributed by atoms with van der Waals surface area (Å²) < 4.78 is 0. The molecule has 0 bridgehead atoms. The Morgan fingerprint density at radius 1 is 1.36 bits per heavy atom. The highest BCUT2D eigenvalue weighted by Gasteiger charge is 1.98. The number of fused-ring (bicyclic) bond motifs is 1. The molecule has 0 aliphatic carbocycles. The summed E-state index contributed by atoms with van der Waals surface area (Å²) in [6, 6.07) is 0. The molecule has 0 spiro atoms. The highest BCUT2D eigenvalue weighted by Crippen LogP contribution is 1.79. The molecule has 0 atom stereocenters. The second-order valence-electron chi connectivity index (χ2n) is 2.21. The number of hydrogen-bond donors (Lipinski definition) is 1. The second kappa shape index (κ2) is 2.28. The highest BCUT2D eigenvalue weighted by molar-refractivity contribution is 5.15. The van der Waals surface area contributed by atoms with Gasteiger partial charge in [0.05, 0.1) is 0 Å². The van der Waals surface area contributed by atoms with E-state index in [-0.39, 0.29) is 0 Å². The predicted molar refractivity (Wildman–Crippen MR) is 38.2 cm³/mol. The monoisotopic (exact) mass is 149 g/mol. The SMILES string of the molecule is NN1C=c2nccnc2=NC1. The van der Waals surface area contributed by atoms with Crippen LogP contribution >= 0.6 is 0 Å². The number of aromatic nitrogens is 2. The molecule has 0 radical (unpaired) electrons. The van der Waals surface area contributed by atoms with Gasteiger partial charge in [0, 0.05) is 18.6 Å². The molecule has 5 nitrogen and oxygen atoms in total. The molecular weight excluding hydrogens is 142 g/mol. The summed E-state index contributed by atoms with van der Waals surface area (Å²) in [5.41, 5.74) is 0.661. The van der Waals surface area contributed by atoms with E-state index in [1.165, 1.54) is 5.01 Å². The van der Waals surface area contributed by atoms with E-state index in [2.05, 4.69) is 15.0 Å². The van der Waals surface area contributed by atoms with Gasteiger partial charge < -0.3 is 0 Å². The van der Waals surface area contributed by atoms with Crippen LogP contribution in [-0.2, 0) is 0 Å². The van der Waals surface area contributed by atoms with Crippen LogP contribution in [0.25, 0.3) is 6.20 Å². The quantitative estimate of drug-likeness (QED) is 0.432. The van der Waals surface area contributed by atoms with E-state index in [9.17, 15) is 0 Å². The lowest BCUT2D eigenvalue weighted by Gasteiger charge is -2.11. The van der Waals surface area contributed by atoms with E-state index in [0.29, 0.717) is 12.2 Å². The molecule has 2 heterocycles. The van der Waals surface area contributed by atoms with Crippen molar-refractivity contribution < 1.29 is 0 Å². The van der Waals surface area contributed by atoms with Crippen molar-refractivity contribution in [1.29, 1.82) is 0 Å². The molecule has 11 heavy (non-hydrogen) atoms. The summed E-state index contributed by atoms with van der Waals surface area (Å²) in [5, 5.41) is 2.19. The molecule has 56 valence electrons. The Morgan fingerprint density at radius 2 is 2.18 bits per heavy atom. The van der Waals surface area contributed by atoms with Crippen LogP contribution in [0.4, 0.5) is 0 Å². The van der Waals surface area contributed by atoms with Crippen LogP contribution in [0.5, 0.6) is 0 Å². The zero-order chi connectivity index (χ0) is 7.68. The van der Waals surface area contributed by atoms with Crippen LogP contribution in [0.15, 0.2) is 17.4 Å². The van der Waals surface area contributed by atoms with Crippen LogP contribution in [0, 0.1) is 0 Å². The number of hydrazine groups is 1. The van der Waals surface area contributed by atoms with Gasteiger partial charge >= 0.3 is 0 Å². The van der Waals surface area contributed by atoms with E-state index in [4.69, 9.17) is 5.84 Å². The zero-order valence-electron chi connectivity index (χ0n) is 5.81. The van der Waals surface area contributed by atoms with Crippen molar-refractivity contribution in [2.45, 2.75) is 0 Å². The minimum atomic E-state index is 0.450. The third-order valence-corrected chi connectivity index (χ3v) is 1.38. The number of nitrogens with two attached hydrogens (primary N) is 1. The van der Waals surface area contributed by atoms with Crippen molar-refractivity contribution in [2.24, 2.45) is 10.8 Å². The lowest BCUT2D eigenvalue weighted by Crippen LogP contribution is -2.42. The van der Waals surface area contributed by atoms with Crippen molar-refractivity contribution in [3.8, 4) is 0 Å². The maximum Gasteiger partial charge on any atom is 0.176 e. The summed E-state index contributed by atoms with van der Waals surface area (Å²) >= 11 is 0. The molecule has 1 aliphatic rings. The molecule has 0 saturated heterocycles. The zero-order valence-corrected chi connectivity index (χ0v) is 5.81. The first kappa shape index (κ1) is 6.23. The summed E-state index contributed by atoms with van der Waals surface area (Å²) in [7, 11) is 0. The molecule has 0 amide bonds. The molecule has 1 aromatic rings. The first-order valence-corrected chi connectivity index (χ1v) is 3.21. The Balaban J connectivity index is 2.73. The van der Waals surface area contributed by atoms with Gasteiger partial charge in [-0.15, -0.1) is 0 Å². The maximum atomic E-state index is 5.47. The van der Waals surface area contributed by atoms with Crippen molar-refractivity contribution in [2.75, 3.05) is 6.67 Å². The fraction of sp³-hybridized carbons (Fsp3) is 0.167. The van der Waals surface area contributed by atoms with E-state index in [1.807, 2.05) is 0 Å². The molecule has 0 saturated carbocycles. The van der Waals surface area contributed by atoms with Gasteiger partial charge in [-0.25, -0.2) is 20.8 Å². The maximum absolute atomic E-state index is 5.47. The molecule has 2 rings (SSSR count). The molecule has 0 fully saturated rings. The minimum Gasteiger partial charge on any atom is -0.294 e. The second-order valence-corrected chi connectivity index (χ2v) is 2.21. The molecule has 2 N–H and O–H groups in total. The number of hydrogen-bond acceptors (Lipinski definition) is 5. The standard InChI is InChI=1S/C6H7N5/c7-11-3-5-6(10-4-11)9-2-1-8-5/h1-3H,4,7H2.